The summed E-state index contributed by atoms with van der Waals surface area (Å²) in [6.07, 6.45) is 0.174. The molecule has 1 saturated heterocycles. The van der Waals surface area contributed by atoms with E-state index in [1.165, 1.54) is 0 Å². The molecule has 2 amide bonds. The molecule has 160 valence electrons. The second-order valence-corrected chi connectivity index (χ2v) is 9.35. The predicted molar refractivity (Wildman–Crippen MR) is 114 cm³/mol. The van der Waals surface area contributed by atoms with Crippen molar-refractivity contribution in [1.29, 1.82) is 0 Å². The summed E-state index contributed by atoms with van der Waals surface area (Å²) in [6, 6.07) is 14.8. The Bertz CT molecular complexity index is 1020. The molecule has 2 aromatic rings. The molecule has 0 aliphatic carbocycles. The normalized spacial score (nSPS) is 16.7. The van der Waals surface area contributed by atoms with E-state index in [1.807, 2.05) is 43.3 Å². The summed E-state index contributed by atoms with van der Waals surface area (Å²) in [5.74, 6) is -0.698. The van der Waals surface area contributed by atoms with Crippen LogP contribution in [-0.2, 0) is 26.2 Å². The fraction of sp³-hybridized carbons (Fsp3) is 0.364. The summed E-state index contributed by atoms with van der Waals surface area (Å²) < 4.78 is 27.4. The van der Waals surface area contributed by atoms with Gasteiger partial charge in [0.1, 0.15) is 0 Å². The van der Waals surface area contributed by atoms with Crippen LogP contribution in [0.2, 0.25) is 0 Å². The van der Waals surface area contributed by atoms with Crippen LogP contribution in [0.1, 0.15) is 23.1 Å². The Morgan fingerprint density at radius 1 is 1.10 bits per heavy atom. The van der Waals surface area contributed by atoms with Crippen LogP contribution >= 0.6 is 0 Å². The van der Waals surface area contributed by atoms with Gasteiger partial charge in [-0.15, -0.1) is 0 Å². The van der Waals surface area contributed by atoms with Crippen molar-refractivity contribution in [2.24, 2.45) is 5.92 Å². The van der Waals surface area contributed by atoms with Gasteiger partial charge < -0.3 is 10.2 Å². The molecule has 1 aliphatic rings. The Kier molecular flexibility index (Phi) is 6.89. The highest BCUT2D eigenvalue weighted by molar-refractivity contribution is 7.89. The number of hydrogen-bond acceptors (Lipinski definition) is 4. The number of nitrogens with zero attached hydrogens (tertiary/aromatic N) is 1. The van der Waals surface area contributed by atoms with E-state index in [0.29, 0.717) is 18.7 Å². The highest BCUT2D eigenvalue weighted by Gasteiger charge is 2.34. The average Bonchev–Trinajstić information content (AvgIpc) is 3.06. The summed E-state index contributed by atoms with van der Waals surface area (Å²) >= 11 is 0. The summed E-state index contributed by atoms with van der Waals surface area (Å²) in [6.45, 7) is 4.75. The maximum Gasteiger partial charge on any atom is 0.240 e. The van der Waals surface area contributed by atoms with E-state index in [2.05, 4.69) is 10.0 Å². The van der Waals surface area contributed by atoms with Gasteiger partial charge in [-0.05, 0) is 31.0 Å². The lowest BCUT2D eigenvalue weighted by atomic mass is 10.1. The summed E-state index contributed by atoms with van der Waals surface area (Å²) in [5, 5.41) is 2.73. The van der Waals surface area contributed by atoms with E-state index in [1.54, 1.807) is 24.0 Å². The molecule has 30 heavy (non-hydrogen) atoms. The predicted octanol–water partition coefficient (Wildman–Crippen LogP) is 1.75. The number of carbonyl (C=O) groups excluding carboxylic acids is 2. The molecule has 2 aromatic carbocycles. The highest BCUT2D eigenvalue weighted by Crippen LogP contribution is 2.20. The molecule has 7 nitrogen and oxygen atoms in total. The Balaban J connectivity index is 1.46. The zero-order valence-corrected chi connectivity index (χ0v) is 18.0. The van der Waals surface area contributed by atoms with E-state index in [4.69, 9.17) is 0 Å². The van der Waals surface area contributed by atoms with Gasteiger partial charge in [0.25, 0.3) is 0 Å². The molecule has 0 spiro atoms. The molecular formula is C22H27N3O4S. The van der Waals surface area contributed by atoms with Gasteiger partial charge in [0.15, 0.2) is 0 Å². The molecular weight excluding hydrogens is 402 g/mol. The number of amides is 2. The molecule has 0 saturated carbocycles. The van der Waals surface area contributed by atoms with Crippen LogP contribution in [0, 0.1) is 19.8 Å². The van der Waals surface area contributed by atoms with Gasteiger partial charge >= 0.3 is 0 Å². The molecule has 8 heteroatoms. The number of likely N-dealkylation sites (tertiary alicyclic amines) is 1. The van der Waals surface area contributed by atoms with Crippen LogP contribution in [0.25, 0.3) is 0 Å². The van der Waals surface area contributed by atoms with Crippen molar-refractivity contribution in [3.63, 3.8) is 0 Å². The first kappa shape index (κ1) is 22.0. The summed E-state index contributed by atoms with van der Waals surface area (Å²) in [4.78, 5) is 26.5. The molecule has 2 N–H and O–H groups in total. The van der Waals surface area contributed by atoms with E-state index in [9.17, 15) is 18.0 Å². The Morgan fingerprint density at radius 2 is 1.83 bits per heavy atom. The van der Waals surface area contributed by atoms with Gasteiger partial charge in [0.2, 0.25) is 21.8 Å². The van der Waals surface area contributed by atoms with Crippen molar-refractivity contribution < 1.29 is 18.0 Å². The van der Waals surface area contributed by atoms with Gasteiger partial charge in [-0.2, -0.15) is 0 Å². The Labute approximate surface area is 177 Å². The third-order valence-electron chi connectivity index (χ3n) is 5.14. The van der Waals surface area contributed by atoms with E-state index in [0.717, 1.165) is 11.1 Å². The van der Waals surface area contributed by atoms with Gasteiger partial charge in [0, 0.05) is 32.6 Å². The van der Waals surface area contributed by atoms with Crippen LogP contribution in [0.4, 0.5) is 0 Å². The SMILES string of the molecule is Cc1ccc(S(=O)(=O)NCCNC(=O)C2CC(=O)N(Cc3ccccc3)C2)c(C)c1. The Morgan fingerprint density at radius 3 is 2.53 bits per heavy atom. The molecule has 1 heterocycles. The standard InChI is InChI=1S/C22H27N3O4S/c1-16-8-9-20(17(2)12-16)30(28,29)24-11-10-23-22(27)19-13-21(26)25(15-19)14-18-6-4-3-5-7-18/h3-9,12,19,24H,10-11,13-15H2,1-2H3,(H,23,27). The van der Waals surface area contributed by atoms with Crippen LogP contribution in [-0.4, -0.2) is 44.8 Å². The average molecular weight is 430 g/mol. The van der Waals surface area contributed by atoms with Crippen molar-refractivity contribution in [3.8, 4) is 0 Å². The van der Waals surface area contributed by atoms with Crippen molar-refractivity contribution >= 4 is 21.8 Å². The first-order valence-corrected chi connectivity index (χ1v) is 11.4. The van der Waals surface area contributed by atoms with Crippen molar-refractivity contribution in [2.45, 2.75) is 31.7 Å². The smallest absolute Gasteiger partial charge is 0.240 e. The number of hydrogen-bond donors (Lipinski definition) is 2. The second kappa shape index (κ2) is 9.40. The molecule has 1 aliphatic heterocycles. The third-order valence-corrected chi connectivity index (χ3v) is 6.76. The van der Waals surface area contributed by atoms with Crippen molar-refractivity contribution in [1.82, 2.24) is 14.9 Å². The Hall–Kier alpha value is -2.71. The fourth-order valence-corrected chi connectivity index (χ4v) is 4.85. The molecule has 0 aromatic heterocycles. The lowest BCUT2D eigenvalue weighted by Crippen LogP contribution is -2.38. The van der Waals surface area contributed by atoms with Crippen LogP contribution < -0.4 is 10.0 Å². The highest BCUT2D eigenvalue weighted by atomic mass is 32.2. The van der Waals surface area contributed by atoms with E-state index in [-0.39, 0.29) is 36.2 Å². The first-order valence-electron chi connectivity index (χ1n) is 9.92. The number of benzene rings is 2. The maximum absolute atomic E-state index is 12.4. The minimum atomic E-state index is -3.64. The van der Waals surface area contributed by atoms with E-state index >= 15 is 0 Å². The number of nitrogens with one attached hydrogen (secondary N) is 2. The topological polar surface area (TPSA) is 95.6 Å². The quantitative estimate of drug-likeness (QED) is 0.625. The monoisotopic (exact) mass is 429 g/mol. The number of aryl methyl sites for hydroxylation is 2. The first-order chi connectivity index (χ1) is 14.3. The molecule has 0 radical (unpaired) electrons. The number of sulfonamides is 1. The lowest BCUT2D eigenvalue weighted by molar-refractivity contribution is -0.129. The van der Waals surface area contributed by atoms with Crippen LogP contribution in [0.5, 0.6) is 0 Å². The zero-order chi connectivity index (χ0) is 21.7. The minimum absolute atomic E-state index is 0.0467. The minimum Gasteiger partial charge on any atom is -0.354 e. The summed E-state index contributed by atoms with van der Waals surface area (Å²) in [7, 11) is -3.64. The lowest BCUT2D eigenvalue weighted by Gasteiger charge is -2.16. The molecule has 1 fully saturated rings. The summed E-state index contributed by atoms with van der Waals surface area (Å²) in [5.41, 5.74) is 2.69. The molecule has 1 unspecified atom stereocenters. The van der Waals surface area contributed by atoms with Crippen LogP contribution in [0.3, 0.4) is 0 Å². The fourth-order valence-electron chi connectivity index (χ4n) is 3.60. The van der Waals surface area contributed by atoms with Gasteiger partial charge in [-0.25, -0.2) is 13.1 Å². The van der Waals surface area contributed by atoms with Crippen molar-refractivity contribution in [3.05, 3.63) is 65.2 Å². The molecule has 0 bridgehead atoms. The number of rotatable bonds is 8. The largest absolute Gasteiger partial charge is 0.354 e. The van der Waals surface area contributed by atoms with Gasteiger partial charge in [-0.1, -0.05) is 48.0 Å². The van der Waals surface area contributed by atoms with Gasteiger partial charge in [-0.3, -0.25) is 9.59 Å². The third kappa shape index (κ3) is 5.46. The number of carbonyl (C=O) groups is 2. The molecule has 3 rings (SSSR count). The molecule has 1 atom stereocenters. The second-order valence-electron chi connectivity index (χ2n) is 7.62. The van der Waals surface area contributed by atoms with Crippen LogP contribution in [0.15, 0.2) is 53.4 Å². The van der Waals surface area contributed by atoms with Crippen molar-refractivity contribution in [2.75, 3.05) is 19.6 Å². The maximum atomic E-state index is 12.4. The zero-order valence-electron chi connectivity index (χ0n) is 17.2. The van der Waals surface area contributed by atoms with Gasteiger partial charge in [0.05, 0.1) is 10.8 Å². The van der Waals surface area contributed by atoms with E-state index < -0.39 is 15.9 Å².